The fourth-order valence-electron chi connectivity index (χ4n) is 0.719. The molecule has 0 aromatic heterocycles. The lowest BCUT2D eigenvalue weighted by Crippen LogP contribution is -2.12. The number of rotatable bonds is 2. The van der Waals surface area contributed by atoms with Crippen LogP contribution < -0.4 is 5.73 Å². The number of anilines is 1. The number of benzene rings is 1. The van der Waals surface area contributed by atoms with Gasteiger partial charge in [-0.25, -0.2) is 4.21 Å². The first-order valence-corrected chi connectivity index (χ1v) is 6.04. The summed E-state index contributed by atoms with van der Waals surface area (Å²) in [6.07, 6.45) is 0. The molecule has 3 nitrogen and oxygen atoms in total. The van der Waals surface area contributed by atoms with Crippen LogP contribution in [0.1, 0.15) is 0 Å². The molecule has 0 aliphatic carbocycles. The Kier molecular flexibility index (Phi) is 3.50. The Morgan fingerprint density at radius 3 is 2.47 bits per heavy atom. The minimum absolute atomic E-state index is 0.0563. The summed E-state index contributed by atoms with van der Waals surface area (Å²) in [5, 5.41) is 9.01. The van der Waals surface area contributed by atoms with Gasteiger partial charge in [-0.1, -0.05) is 0 Å². The quantitative estimate of drug-likeness (QED) is 0.484. The van der Waals surface area contributed by atoms with Gasteiger partial charge in [-0.05, 0) is 29.0 Å². The van der Waals surface area contributed by atoms with Gasteiger partial charge in [0, 0.05) is 4.90 Å². The number of alkyl halides is 3. The zero-order chi connectivity index (χ0) is 11.6. The van der Waals surface area contributed by atoms with E-state index < -0.39 is 15.3 Å². The Labute approximate surface area is 89.3 Å². The van der Waals surface area contributed by atoms with Crippen LogP contribution in [0.25, 0.3) is 0 Å². The lowest BCUT2D eigenvalue weighted by molar-refractivity contribution is -0.0363. The van der Waals surface area contributed by atoms with Crippen molar-refractivity contribution in [3.8, 4) is 5.75 Å². The minimum Gasteiger partial charge on any atom is -0.506 e. The third kappa shape index (κ3) is 3.31. The molecule has 0 aliphatic heterocycles. The fraction of sp³-hybridized carbons (Fsp3) is 0.143. The van der Waals surface area contributed by atoms with Crippen LogP contribution in [-0.4, -0.2) is 14.8 Å². The van der Waals surface area contributed by atoms with Crippen molar-refractivity contribution in [3.05, 3.63) is 18.2 Å². The highest BCUT2D eigenvalue weighted by Crippen LogP contribution is 2.35. The van der Waals surface area contributed by atoms with Gasteiger partial charge in [-0.3, -0.25) is 0 Å². The molecule has 84 valence electrons. The molecule has 0 bridgehead atoms. The predicted octanol–water partition coefficient (Wildman–Crippen LogP) is 2.25. The van der Waals surface area contributed by atoms with Crippen molar-refractivity contribution in [2.75, 3.05) is 5.73 Å². The number of hydrogen-bond donors (Lipinski definition) is 2. The molecule has 0 aliphatic rings. The van der Waals surface area contributed by atoms with Crippen LogP contribution in [0.4, 0.5) is 18.9 Å². The Morgan fingerprint density at radius 1 is 1.40 bits per heavy atom. The molecule has 0 heterocycles. The number of nitrogen functional groups attached to an aromatic ring is 1. The van der Waals surface area contributed by atoms with Gasteiger partial charge in [0.1, 0.15) is 5.75 Å². The molecule has 1 aromatic rings. The summed E-state index contributed by atoms with van der Waals surface area (Å²) >= 11 is 0. The summed E-state index contributed by atoms with van der Waals surface area (Å²) in [5.41, 5.74) is 0.439. The van der Waals surface area contributed by atoms with E-state index in [-0.39, 0.29) is 27.1 Å². The smallest absolute Gasteiger partial charge is 0.481 e. The molecule has 0 saturated carbocycles. The maximum Gasteiger partial charge on any atom is 0.481 e. The maximum atomic E-state index is 11.9. The van der Waals surface area contributed by atoms with Gasteiger partial charge in [0.25, 0.3) is 0 Å². The van der Waals surface area contributed by atoms with Crippen LogP contribution >= 0.6 is 10.8 Å². The molecular weight excluding hydrogens is 251 g/mol. The Balaban J connectivity index is 2.83. The van der Waals surface area contributed by atoms with Crippen molar-refractivity contribution in [1.29, 1.82) is 0 Å². The van der Waals surface area contributed by atoms with Crippen LogP contribution in [0.3, 0.4) is 0 Å². The van der Waals surface area contributed by atoms with E-state index in [0.29, 0.717) is 0 Å². The average Bonchev–Trinajstić information content (AvgIpc) is 2.10. The van der Waals surface area contributed by atoms with Crippen molar-refractivity contribution < 1.29 is 22.5 Å². The first kappa shape index (κ1) is 12.2. The zero-order valence-electron chi connectivity index (χ0n) is 7.12. The van der Waals surface area contributed by atoms with Gasteiger partial charge in [0.05, 0.1) is 5.69 Å². The number of halogens is 3. The molecule has 0 radical (unpaired) electrons. The van der Waals surface area contributed by atoms with E-state index in [0.717, 1.165) is 12.1 Å². The molecule has 15 heavy (non-hydrogen) atoms. The van der Waals surface area contributed by atoms with Crippen molar-refractivity contribution in [2.45, 2.75) is 10.4 Å². The molecule has 0 saturated heterocycles. The zero-order valence-corrected chi connectivity index (χ0v) is 8.75. The summed E-state index contributed by atoms with van der Waals surface area (Å²) < 4.78 is 46.4. The second kappa shape index (κ2) is 4.31. The predicted molar refractivity (Wildman–Crippen MR) is 52.6 cm³/mol. The van der Waals surface area contributed by atoms with Gasteiger partial charge in [0.15, 0.2) is 9.83 Å². The highest BCUT2D eigenvalue weighted by Gasteiger charge is 2.37. The normalized spacial score (nSPS) is 13.8. The third-order valence-electron chi connectivity index (χ3n) is 1.36. The van der Waals surface area contributed by atoms with Gasteiger partial charge in [-0.15, -0.1) is 0 Å². The topological polar surface area (TPSA) is 63.3 Å². The average molecular weight is 257 g/mol. The summed E-state index contributed by atoms with van der Waals surface area (Å²) in [4.78, 5) is 0.0842. The number of phenolic OH excluding ortho intramolecular Hbond substituents is 1. The highest BCUT2D eigenvalue weighted by molar-refractivity contribution is 8.69. The summed E-state index contributed by atoms with van der Waals surface area (Å²) in [5.74, 6) is -0.225. The first-order chi connectivity index (χ1) is 6.80. The van der Waals surface area contributed by atoms with Gasteiger partial charge >= 0.3 is 5.51 Å². The summed E-state index contributed by atoms with van der Waals surface area (Å²) in [7, 11) is -2.89. The number of hydrogen-bond acceptors (Lipinski definition) is 4. The standard InChI is InChI=1S/C7H6F3NO2S2/c8-7(9,10)15(13)14-4-1-2-6(12)5(11)3-4/h1-3,12H,11H2. The van der Waals surface area contributed by atoms with Crippen LogP contribution in [-0.2, 0) is 9.83 Å². The SMILES string of the molecule is Nc1cc(SS(=O)C(F)(F)F)ccc1O. The van der Waals surface area contributed by atoms with Gasteiger partial charge < -0.3 is 10.8 Å². The number of phenols is 1. The monoisotopic (exact) mass is 257 g/mol. The molecule has 1 rings (SSSR count). The van der Waals surface area contributed by atoms with Crippen molar-refractivity contribution >= 4 is 26.3 Å². The van der Waals surface area contributed by atoms with Gasteiger partial charge in [0.2, 0.25) is 0 Å². The second-order valence-electron chi connectivity index (χ2n) is 2.48. The number of aromatic hydroxyl groups is 1. The van der Waals surface area contributed by atoms with Crippen molar-refractivity contribution in [3.63, 3.8) is 0 Å². The maximum absolute atomic E-state index is 11.9. The van der Waals surface area contributed by atoms with Crippen LogP contribution in [0.15, 0.2) is 23.1 Å². The Hall–Kier alpha value is -0.890. The third-order valence-corrected chi connectivity index (χ3v) is 3.93. The van der Waals surface area contributed by atoms with E-state index in [1.807, 2.05) is 0 Å². The van der Waals surface area contributed by atoms with E-state index in [1.54, 1.807) is 0 Å². The number of nitrogens with two attached hydrogens (primary N) is 1. The molecule has 0 amide bonds. The molecule has 0 fully saturated rings. The molecule has 8 heteroatoms. The van der Waals surface area contributed by atoms with Crippen LogP contribution in [0, 0.1) is 0 Å². The summed E-state index contributed by atoms with van der Waals surface area (Å²) in [6, 6.07) is 3.48. The Bertz CT molecular complexity index is 394. The molecular formula is C7H6F3NO2S2. The molecule has 0 spiro atoms. The largest absolute Gasteiger partial charge is 0.506 e. The van der Waals surface area contributed by atoms with Crippen molar-refractivity contribution in [2.24, 2.45) is 0 Å². The van der Waals surface area contributed by atoms with Crippen molar-refractivity contribution in [1.82, 2.24) is 0 Å². The molecule has 1 atom stereocenters. The molecule has 1 unspecified atom stereocenters. The molecule has 3 N–H and O–H groups in total. The minimum atomic E-state index is -4.77. The molecule has 1 aromatic carbocycles. The van der Waals surface area contributed by atoms with E-state index in [2.05, 4.69) is 0 Å². The fourth-order valence-corrected chi connectivity index (χ4v) is 2.41. The Morgan fingerprint density at radius 2 is 2.00 bits per heavy atom. The van der Waals surface area contributed by atoms with E-state index in [9.17, 15) is 17.4 Å². The lowest BCUT2D eigenvalue weighted by atomic mass is 10.3. The van der Waals surface area contributed by atoms with E-state index in [1.165, 1.54) is 6.07 Å². The van der Waals surface area contributed by atoms with E-state index >= 15 is 0 Å². The van der Waals surface area contributed by atoms with Crippen LogP contribution in [0.2, 0.25) is 0 Å². The van der Waals surface area contributed by atoms with Gasteiger partial charge in [-0.2, -0.15) is 13.2 Å². The van der Waals surface area contributed by atoms with E-state index in [4.69, 9.17) is 10.8 Å². The lowest BCUT2D eigenvalue weighted by Gasteiger charge is -2.06. The van der Waals surface area contributed by atoms with Crippen LogP contribution in [0.5, 0.6) is 5.75 Å². The first-order valence-electron chi connectivity index (χ1n) is 3.56. The summed E-state index contributed by atoms with van der Waals surface area (Å²) in [6.45, 7) is 0. The highest BCUT2D eigenvalue weighted by atomic mass is 33.1. The second-order valence-corrected chi connectivity index (χ2v) is 5.46.